The minimum absolute atomic E-state index is 0.288. The Kier molecular flexibility index (Phi) is 18.4. The fourth-order valence-corrected chi connectivity index (χ4v) is 9.54. The monoisotopic (exact) mass is 913 g/mol. The van der Waals surface area contributed by atoms with E-state index < -0.39 is 0 Å². The Hall–Kier alpha value is -5.24. The van der Waals surface area contributed by atoms with Gasteiger partial charge in [0.2, 0.25) is 0 Å². The summed E-state index contributed by atoms with van der Waals surface area (Å²) in [5, 5.41) is 0. The number of hydrogen-bond donors (Lipinski definition) is 0. The molecule has 6 aromatic carbocycles. The molecule has 68 heavy (non-hydrogen) atoms. The Morgan fingerprint density at radius 2 is 0.676 bits per heavy atom. The van der Waals surface area contributed by atoms with E-state index in [-0.39, 0.29) is 10.8 Å². The van der Waals surface area contributed by atoms with Crippen LogP contribution in [0.3, 0.4) is 0 Å². The van der Waals surface area contributed by atoms with Gasteiger partial charge in [0.25, 0.3) is 0 Å². The third-order valence-corrected chi connectivity index (χ3v) is 14.5. The summed E-state index contributed by atoms with van der Waals surface area (Å²) in [5.41, 5.74) is 12.7. The molecule has 0 radical (unpaired) electrons. The average Bonchev–Trinajstić information content (AvgIpc) is 3.36. The fraction of sp³-hybridized carbons (Fsp3) is 0.419. The first kappa shape index (κ1) is 49.2. The van der Waals surface area contributed by atoms with E-state index in [0.717, 1.165) is 126 Å². The van der Waals surface area contributed by atoms with Crippen molar-refractivity contribution < 1.29 is 18.9 Å². The highest BCUT2D eigenvalue weighted by molar-refractivity contribution is 5.80. The topological polar surface area (TPSA) is 43.4 Å². The average molecular weight is 913 g/mol. The largest absolute Gasteiger partial charge is 0.381 e. The van der Waals surface area contributed by atoms with E-state index in [0.29, 0.717) is 0 Å². The lowest BCUT2D eigenvalue weighted by molar-refractivity contribution is -0.150. The first-order valence-corrected chi connectivity index (χ1v) is 26.0. The van der Waals surface area contributed by atoms with Crippen LogP contribution in [0, 0.1) is 10.8 Å². The van der Waals surface area contributed by atoms with Crippen molar-refractivity contribution in [3.63, 3.8) is 0 Å². The summed E-state index contributed by atoms with van der Waals surface area (Å²) in [6.45, 7) is 11.4. The quantitative estimate of drug-likeness (QED) is 0.0437. The Morgan fingerprint density at radius 3 is 1.00 bits per heavy atom. The van der Waals surface area contributed by atoms with Gasteiger partial charge in [-0.25, -0.2) is 0 Å². The molecule has 0 unspecified atom stereocenters. The molecule has 2 saturated heterocycles. The Bertz CT molecular complexity index is 2150. The highest BCUT2D eigenvalue weighted by Crippen LogP contribution is 2.39. The zero-order valence-corrected chi connectivity index (χ0v) is 41.1. The number of hydrogen-bond acceptors (Lipinski definition) is 6. The predicted molar refractivity (Wildman–Crippen MR) is 284 cm³/mol. The number of rotatable bonds is 29. The van der Waals surface area contributed by atoms with Gasteiger partial charge >= 0.3 is 0 Å². The van der Waals surface area contributed by atoms with Crippen LogP contribution in [0.2, 0.25) is 0 Å². The lowest BCUT2D eigenvalue weighted by atomic mass is 9.84. The number of nitrogens with zero attached hydrogens (tertiary/aromatic N) is 2. The van der Waals surface area contributed by atoms with Gasteiger partial charge in [0.05, 0.1) is 39.6 Å². The molecule has 6 aromatic rings. The van der Waals surface area contributed by atoms with Crippen LogP contribution in [-0.4, -0.2) is 52.9 Å². The number of ether oxygens (including phenoxy) is 4. The molecule has 2 heterocycles. The van der Waals surface area contributed by atoms with Crippen LogP contribution in [0.4, 0.5) is 34.1 Å². The number of benzene rings is 6. The van der Waals surface area contributed by atoms with E-state index in [9.17, 15) is 0 Å². The first-order valence-electron chi connectivity index (χ1n) is 26.0. The number of para-hydroxylation sites is 2. The summed E-state index contributed by atoms with van der Waals surface area (Å²) in [6.07, 6.45) is 16.8. The van der Waals surface area contributed by atoms with E-state index in [4.69, 9.17) is 18.9 Å². The highest BCUT2D eigenvalue weighted by atomic mass is 16.5. The Morgan fingerprint density at radius 1 is 0.368 bits per heavy atom. The molecule has 6 heteroatoms. The first-order chi connectivity index (χ1) is 33.6. The summed E-state index contributed by atoms with van der Waals surface area (Å²) in [4.78, 5) is 4.71. The highest BCUT2D eigenvalue weighted by Gasteiger charge is 2.37. The van der Waals surface area contributed by atoms with Crippen LogP contribution in [0.5, 0.6) is 0 Å². The van der Waals surface area contributed by atoms with Crippen LogP contribution < -0.4 is 9.80 Å². The standard InChI is InChI=1S/C62H76N2O4/c1-3-61(47-67-48-61)45-65-43-19-9-5-7-13-21-51-27-35-57(36-28-51)63(55-23-15-11-16-24-55)59-39-31-53(32-40-59)54-33-41-60(42-34-54)64(56-25-17-12-18-26-56)58-37-29-52(30-38-58)22-14-8-6-10-20-44-66-46-62(4-2)49-68-50-62/h11-12,15-18,23-42H,3-10,13-14,19-22,43-50H2,1-2H3. The van der Waals surface area contributed by atoms with Crippen molar-refractivity contribution in [3.8, 4) is 11.1 Å². The van der Waals surface area contributed by atoms with Crippen LogP contribution in [-0.2, 0) is 31.8 Å². The number of aryl methyl sites for hydroxylation is 2. The number of anilines is 6. The third-order valence-electron chi connectivity index (χ3n) is 14.5. The molecule has 358 valence electrons. The lowest BCUT2D eigenvalue weighted by Crippen LogP contribution is -2.45. The molecule has 0 atom stereocenters. The van der Waals surface area contributed by atoms with Gasteiger partial charge in [-0.2, -0.15) is 0 Å². The molecular weight excluding hydrogens is 837 g/mol. The second-order valence-corrected chi connectivity index (χ2v) is 19.6. The van der Waals surface area contributed by atoms with Crippen molar-refractivity contribution in [2.24, 2.45) is 10.8 Å². The molecule has 6 nitrogen and oxygen atoms in total. The lowest BCUT2D eigenvalue weighted by Gasteiger charge is -2.40. The summed E-state index contributed by atoms with van der Waals surface area (Å²) < 4.78 is 22.9. The SMILES string of the molecule is CCC1(COCCCCCCCc2ccc(N(c3ccccc3)c3ccc(-c4ccc(N(c5ccccc5)c5ccc(CCCCCCCOCC6(CC)COC6)cc5)cc4)cc3)cc2)COC1. The van der Waals surface area contributed by atoms with E-state index in [1.807, 2.05) is 0 Å². The molecule has 2 aliphatic rings. The zero-order chi connectivity index (χ0) is 46.7. The maximum atomic E-state index is 6.00. The molecule has 0 amide bonds. The second-order valence-electron chi connectivity index (χ2n) is 19.6. The maximum Gasteiger partial charge on any atom is 0.0566 e. The molecule has 0 aromatic heterocycles. The van der Waals surface area contributed by atoms with E-state index >= 15 is 0 Å². The van der Waals surface area contributed by atoms with E-state index in [1.165, 1.54) is 73.6 Å². The molecule has 0 aliphatic carbocycles. The van der Waals surface area contributed by atoms with Crippen LogP contribution >= 0.6 is 0 Å². The minimum Gasteiger partial charge on any atom is -0.381 e. The van der Waals surface area contributed by atoms with Crippen molar-refractivity contribution in [3.05, 3.63) is 169 Å². The molecule has 8 rings (SSSR count). The third kappa shape index (κ3) is 13.5. The summed E-state index contributed by atoms with van der Waals surface area (Å²) in [7, 11) is 0. The van der Waals surface area contributed by atoms with Gasteiger partial charge in [0.15, 0.2) is 0 Å². The Labute approximate surface area is 408 Å². The molecule has 0 saturated carbocycles. The normalized spacial score (nSPS) is 14.8. The van der Waals surface area contributed by atoms with Crippen molar-refractivity contribution >= 4 is 34.1 Å². The molecule has 0 bridgehead atoms. The van der Waals surface area contributed by atoms with Gasteiger partial charge < -0.3 is 28.7 Å². The maximum absolute atomic E-state index is 6.00. The molecule has 2 fully saturated rings. The summed E-state index contributed by atoms with van der Waals surface area (Å²) in [5.74, 6) is 0. The van der Waals surface area contributed by atoms with E-state index in [1.54, 1.807) is 0 Å². The zero-order valence-electron chi connectivity index (χ0n) is 41.1. The number of unbranched alkanes of at least 4 members (excludes halogenated alkanes) is 8. The van der Waals surface area contributed by atoms with Gasteiger partial charge in [0, 0.05) is 58.2 Å². The van der Waals surface area contributed by atoms with E-state index in [2.05, 4.69) is 181 Å². The molecule has 2 aliphatic heterocycles. The van der Waals surface area contributed by atoms with Gasteiger partial charge in [0.1, 0.15) is 0 Å². The van der Waals surface area contributed by atoms with Crippen molar-refractivity contribution in [2.45, 2.75) is 104 Å². The minimum atomic E-state index is 0.288. The van der Waals surface area contributed by atoms with Crippen LogP contribution in [0.1, 0.15) is 102 Å². The van der Waals surface area contributed by atoms with Gasteiger partial charge in [-0.05, 0) is 146 Å². The smallest absolute Gasteiger partial charge is 0.0566 e. The summed E-state index contributed by atoms with van der Waals surface area (Å²) in [6, 6.07) is 57.8. The Balaban J connectivity index is 0.829. The van der Waals surface area contributed by atoms with Crippen LogP contribution in [0.15, 0.2) is 158 Å². The summed E-state index contributed by atoms with van der Waals surface area (Å²) >= 11 is 0. The van der Waals surface area contributed by atoms with Crippen LogP contribution in [0.25, 0.3) is 11.1 Å². The second kappa shape index (κ2) is 25.4. The molecule has 0 N–H and O–H groups in total. The van der Waals surface area contributed by atoms with Crippen molar-refractivity contribution in [1.29, 1.82) is 0 Å². The fourth-order valence-electron chi connectivity index (χ4n) is 9.54. The van der Waals surface area contributed by atoms with Gasteiger partial charge in [-0.1, -0.05) is 137 Å². The molecular formula is C62H76N2O4. The van der Waals surface area contributed by atoms with Gasteiger partial charge in [-0.15, -0.1) is 0 Å². The van der Waals surface area contributed by atoms with Gasteiger partial charge in [-0.3, -0.25) is 0 Å². The van der Waals surface area contributed by atoms with Crippen molar-refractivity contribution in [1.82, 2.24) is 0 Å². The molecule has 0 spiro atoms. The predicted octanol–water partition coefficient (Wildman–Crippen LogP) is 16.2. The van der Waals surface area contributed by atoms with Crippen molar-refractivity contribution in [2.75, 3.05) is 62.7 Å².